The summed E-state index contributed by atoms with van der Waals surface area (Å²) in [4.78, 5) is 15.5. The highest BCUT2D eigenvalue weighted by Crippen LogP contribution is 2.12. The standard InChI is InChI=1S/C11H17N3O2/c1-4-16-11(15)8(2)14-9-5-6-13-10(7-9)12-3/h5-8H,4H2,1-3H3,(H2,12,13,14). The van der Waals surface area contributed by atoms with Crippen LogP contribution in [0.4, 0.5) is 11.5 Å². The minimum absolute atomic E-state index is 0.259. The number of nitrogens with zero attached hydrogens (tertiary/aromatic N) is 1. The molecule has 0 amide bonds. The zero-order valence-electron chi connectivity index (χ0n) is 9.78. The van der Waals surface area contributed by atoms with Crippen LogP contribution >= 0.6 is 0 Å². The number of pyridine rings is 1. The van der Waals surface area contributed by atoms with Gasteiger partial charge in [0.15, 0.2) is 0 Å². The van der Waals surface area contributed by atoms with Gasteiger partial charge in [-0.05, 0) is 19.9 Å². The normalized spacial score (nSPS) is 11.7. The van der Waals surface area contributed by atoms with E-state index in [4.69, 9.17) is 4.74 Å². The molecule has 5 nitrogen and oxygen atoms in total. The maximum absolute atomic E-state index is 11.4. The largest absolute Gasteiger partial charge is 0.464 e. The third kappa shape index (κ3) is 3.42. The summed E-state index contributed by atoms with van der Waals surface area (Å²) in [6.45, 7) is 3.94. The van der Waals surface area contributed by atoms with Crippen molar-refractivity contribution in [3.05, 3.63) is 18.3 Å². The molecular formula is C11H17N3O2. The van der Waals surface area contributed by atoms with Gasteiger partial charge in [-0.1, -0.05) is 0 Å². The number of carbonyl (C=O) groups is 1. The van der Waals surface area contributed by atoms with E-state index < -0.39 is 0 Å². The number of rotatable bonds is 5. The molecule has 1 atom stereocenters. The lowest BCUT2D eigenvalue weighted by atomic mass is 10.3. The van der Waals surface area contributed by atoms with Crippen molar-refractivity contribution in [2.24, 2.45) is 0 Å². The van der Waals surface area contributed by atoms with E-state index >= 15 is 0 Å². The van der Waals surface area contributed by atoms with Gasteiger partial charge in [0.2, 0.25) is 0 Å². The van der Waals surface area contributed by atoms with Crippen LogP contribution in [-0.4, -0.2) is 30.6 Å². The van der Waals surface area contributed by atoms with Gasteiger partial charge in [-0.2, -0.15) is 0 Å². The SMILES string of the molecule is CCOC(=O)C(C)Nc1ccnc(NC)c1. The van der Waals surface area contributed by atoms with Crippen LogP contribution in [0.1, 0.15) is 13.8 Å². The van der Waals surface area contributed by atoms with Crippen molar-refractivity contribution >= 4 is 17.5 Å². The summed E-state index contributed by atoms with van der Waals surface area (Å²) < 4.78 is 4.90. The molecule has 88 valence electrons. The Labute approximate surface area is 95.2 Å². The summed E-state index contributed by atoms with van der Waals surface area (Å²) >= 11 is 0. The van der Waals surface area contributed by atoms with Crippen molar-refractivity contribution in [1.82, 2.24) is 4.98 Å². The second-order valence-corrected chi connectivity index (χ2v) is 3.30. The number of nitrogens with one attached hydrogen (secondary N) is 2. The van der Waals surface area contributed by atoms with Crippen molar-refractivity contribution in [2.75, 3.05) is 24.3 Å². The number of aromatic nitrogens is 1. The molecule has 0 saturated heterocycles. The number of anilines is 2. The zero-order chi connectivity index (χ0) is 12.0. The number of carbonyl (C=O) groups excluding carboxylic acids is 1. The molecule has 16 heavy (non-hydrogen) atoms. The van der Waals surface area contributed by atoms with Crippen LogP contribution in [0, 0.1) is 0 Å². The maximum atomic E-state index is 11.4. The minimum Gasteiger partial charge on any atom is -0.464 e. The smallest absolute Gasteiger partial charge is 0.328 e. The average Bonchev–Trinajstić information content (AvgIpc) is 2.29. The van der Waals surface area contributed by atoms with Crippen LogP contribution in [0.3, 0.4) is 0 Å². The fraction of sp³-hybridized carbons (Fsp3) is 0.455. The third-order valence-corrected chi connectivity index (χ3v) is 2.04. The molecule has 0 fully saturated rings. The van der Waals surface area contributed by atoms with Crippen LogP contribution in [0.15, 0.2) is 18.3 Å². The third-order valence-electron chi connectivity index (χ3n) is 2.04. The van der Waals surface area contributed by atoms with Crippen LogP contribution in [0.25, 0.3) is 0 Å². The number of esters is 1. The highest BCUT2D eigenvalue weighted by Gasteiger charge is 2.13. The molecule has 1 unspecified atom stereocenters. The predicted octanol–water partition coefficient (Wildman–Crippen LogP) is 1.49. The van der Waals surface area contributed by atoms with Crippen LogP contribution in [0.2, 0.25) is 0 Å². The summed E-state index contributed by atoms with van der Waals surface area (Å²) in [5, 5.41) is 5.97. The molecule has 5 heteroatoms. The molecule has 2 N–H and O–H groups in total. The first-order valence-electron chi connectivity index (χ1n) is 5.24. The van der Waals surface area contributed by atoms with E-state index in [0.29, 0.717) is 6.61 Å². The van der Waals surface area contributed by atoms with E-state index in [1.54, 1.807) is 33.2 Å². The fourth-order valence-electron chi connectivity index (χ4n) is 1.23. The van der Waals surface area contributed by atoms with Crippen molar-refractivity contribution in [1.29, 1.82) is 0 Å². The molecule has 1 heterocycles. The van der Waals surface area contributed by atoms with Crippen molar-refractivity contribution in [2.45, 2.75) is 19.9 Å². The summed E-state index contributed by atoms with van der Waals surface area (Å²) in [5.41, 5.74) is 0.833. The number of hydrogen-bond donors (Lipinski definition) is 2. The molecule has 0 aliphatic heterocycles. The van der Waals surface area contributed by atoms with Gasteiger partial charge in [0.05, 0.1) is 6.61 Å². The molecule has 0 spiro atoms. The molecule has 0 radical (unpaired) electrons. The van der Waals surface area contributed by atoms with Gasteiger partial charge < -0.3 is 15.4 Å². The summed E-state index contributed by atoms with van der Waals surface area (Å²) in [6.07, 6.45) is 1.67. The molecule has 0 aliphatic rings. The van der Waals surface area contributed by atoms with E-state index in [-0.39, 0.29) is 12.0 Å². The summed E-state index contributed by atoms with van der Waals surface area (Å²) in [5.74, 6) is 0.492. The van der Waals surface area contributed by atoms with Gasteiger partial charge in [0.1, 0.15) is 11.9 Å². The lowest BCUT2D eigenvalue weighted by Crippen LogP contribution is -2.28. The van der Waals surface area contributed by atoms with Gasteiger partial charge in [-0.25, -0.2) is 9.78 Å². The molecule has 0 saturated carbocycles. The van der Waals surface area contributed by atoms with Crippen molar-refractivity contribution in [3.8, 4) is 0 Å². The first kappa shape index (κ1) is 12.3. The van der Waals surface area contributed by atoms with Crippen molar-refractivity contribution < 1.29 is 9.53 Å². The highest BCUT2D eigenvalue weighted by molar-refractivity contribution is 5.78. The summed E-state index contributed by atoms with van der Waals surface area (Å²) in [7, 11) is 1.79. The topological polar surface area (TPSA) is 63.2 Å². The average molecular weight is 223 g/mol. The second-order valence-electron chi connectivity index (χ2n) is 3.30. The Morgan fingerprint density at radius 2 is 2.38 bits per heavy atom. The monoisotopic (exact) mass is 223 g/mol. The lowest BCUT2D eigenvalue weighted by molar-refractivity contribution is -0.143. The molecule has 1 aromatic heterocycles. The zero-order valence-corrected chi connectivity index (χ0v) is 9.78. The number of hydrogen-bond acceptors (Lipinski definition) is 5. The van der Waals surface area contributed by atoms with Gasteiger partial charge in [-0.3, -0.25) is 0 Å². The first-order valence-corrected chi connectivity index (χ1v) is 5.24. The van der Waals surface area contributed by atoms with Crippen LogP contribution < -0.4 is 10.6 Å². The Balaban J connectivity index is 2.61. The minimum atomic E-state index is -0.368. The Kier molecular flexibility index (Phi) is 4.57. The second kappa shape index (κ2) is 5.95. The van der Waals surface area contributed by atoms with E-state index in [2.05, 4.69) is 15.6 Å². The molecule has 1 aromatic rings. The molecule has 1 rings (SSSR count). The molecule has 0 bridgehead atoms. The van der Waals surface area contributed by atoms with Gasteiger partial charge in [-0.15, -0.1) is 0 Å². The van der Waals surface area contributed by atoms with E-state index in [1.165, 1.54) is 0 Å². The molecule has 0 aliphatic carbocycles. The first-order chi connectivity index (χ1) is 7.67. The fourth-order valence-corrected chi connectivity index (χ4v) is 1.23. The molecule has 0 aromatic carbocycles. The predicted molar refractivity (Wildman–Crippen MR) is 63.5 cm³/mol. The Morgan fingerprint density at radius 1 is 1.62 bits per heavy atom. The van der Waals surface area contributed by atoms with E-state index in [9.17, 15) is 4.79 Å². The van der Waals surface area contributed by atoms with Gasteiger partial charge in [0, 0.05) is 25.0 Å². The van der Waals surface area contributed by atoms with E-state index in [1.807, 2.05) is 6.07 Å². The highest BCUT2D eigenvalue weighted by atomic mass is 16.5. The van der Waals surface area contributed by atoms with E-state index in [0.717, 1.165) is 11.5 Å². The van der Waals surface area contributed by atoms with Gasteiger partial charge in [0.25, 0.3) is 0 Å². The van der Waals surface area contributed by atoms with Crippen LogP contribution in [-0.2, 0) is 9.53 Å². The molecular weight excluding hydrogens is 206 g/mol. The maximum Gasteiger partial charge on any atom is 0.328 e. The van der Waals surface area contributed by atoms with Gasteiger partial charge >= 0.3 is 5.97 Å². The Morgan fingerprint density at radius 3 is 3.00 bits per heavy atom. The quantitative estimate of drug-likeness (QED) is 0.740. The lowest BCUT2D eigenvalue weighted by Gasteiger charge is -2.14. The summed E-state index contributed by atoms with van der Waals surface area (Å²) in [6, 6.07) is 3.26. The Hall–Kier alpha value is -1.78. The van der Waals surface area contributed by atoms with Crippen molar-refractivity contribution in [3.63, 3.8) is 0 Å². The van der Waals surface area contributed by atoms with Crippen LogP contribution in [0.5, 0.6) is 0 Å². The Bertz CT molecular complexity index is 355. The number of ether oxygens (including phenoxy) is 1.